The third-order valence-corrected chi connectivity index (χ3v) is 5.73. The normalized spacial score (nSPS) is 11.7. The second-order valence-electron chi connectivity index (χ2n) is 7.47. The molecular weight excluding hydrogens is 572 g/mol. The van der Waals surface area contributed by atoms with Crippen LogP contribution in [0.15, 0.2) is 74.8 Å². The van der Waals surface area contributed by atoms with Crippen LogP contribution in [0.1, 0.15) is 37.4 Å². The van der Waals surface area contributed by atoms with Crippen molar-refractivity contribution in [2.24, 2.45) is 15.3 Å². The molecule has 202 valence electrons. The summed E-state index contributed by atoms with van der Waals surface area (Å²) in [4.78, 5) is 26.2. The zero-order valence-electron chi connectivity index (χ0n) is 19.3. The Balaban J connectivity index is 0.00000507. The van der Waals surface area contributed by atoms with Gasteiger partial charge in [-0.3, -0.25) is 14.6 Å². The second kappa shape index (κ2) is 13.0. The Hall–Kier alpha value is -3.98. The van der Waals surface area contributed by atoms with E-state index in [2.05, 4.69) is 25.6 Å². The van der Waals surface area contributed by atoms with Crippen LogP contribution in [0.25, 0.3) is 5.43 Å². The molecule has 0 amide bonds. The van der Waals surface area contributed by atoms with Gasteiger partial charge in [-0.15, -0.1) is 10.2 Å². The molecule has 4 N–H and O–H groups in total. The van der Waals surface area contributed by atoms with Crippen LogP contribution in [0, 0.1) is 6.92 Å². The van der Waals surface area contributed by atoms with Crippen molar-refractivity contribution in [3.8, 4) is 5.75 Å². The fraction of sp³-hybridized carbons (Fsp3) is 0.0870. The zero-order chi connectivity index (χ0) is 27.2. The third-order valence-electron chi connectivity index (χ3n) is 4.90. The number of hydrogen-bond donors (Lipinski definition) is 4. The van der Waals surface area contributed by atoms with Crippen molar-refractivity contribution in [1.82, 2.24) is 0 Å². The Morgan fingerprint density at radius 2 is 1.74 bits per heavy atom. The van der Waals surface area contributed by atoms with Crippen molar-refractivity contribution in [1.29, 1.82) is 0 Å². The summed E-state index contributed by atoms with van der Waals surface area (Å²) in [6.45, 7) is 1.21. The predicted octanol–water partition coefficient (Wildman–Crippen LogP) is 4.60. The van der Waals surface area contributed by atoms with Crippen LogP contribution < -0.4 is 0 Å². The summed E-state index contributed by atoms with van der Waals surface area (Å²) < 4.78 is 32.5. The monoisotopic (exact) mass is 590 g/mol. The Morgan fingerprint density at radius 1 is 1.08 bits per heavy atom. The van der Waals surface area contributed by atoms with E-state index in [9.17, 15) is 27.7 Å². The Morgan fingerprint density at radius 3 is 2.32 bits per heavy atom. The van der Waals surface area contributed by atoms with Gasteiger partial charge < -0.3 is 20.7 Å². The molecule has 0 radical (unpaired) electrons. The Labute approximate surface area is 226 Å². The number of carbonyl (C=O) groups excluding carboxylic acids is 1. The topological polar surface area (TPSA) is 210 Å². The van der Waals surface area contributed by atoms with E-state index in [1.54, 1.807) is 0 Å². The molecule has 13 nitrogen and oxygen atoms in total. The number of amidine groups is 1. The number of carboxylic acids is 1. The first-order valence-electron chi connectivity index (χ1n) is 10.2. The summed E-state index contributed by atoms with van der Waals surface area (Å²) in [6, 6.07) is 11.6. The van der Waals surface area contributed by atoms with Gasteiger partial charge in [0.05, 0.1) is 16.1 Å². The van der Waals surface area contributed by atoms with Gasteiger partial charge in [-0.2, -0.15) is 8.42 Å². The van der Waals surface area contributed by atoms with E-state index < -0.39 is 26.7 Å². The van der Waals surface area contributed by atoms with E-state index in [1.165, 1.54) is 49.4 Å². The number of benzene rings is 3. The summed E-state index contributed by atoms with van der Waals surface area (Å²) in [6.07, 6.45) is 0.530. The molecule has 3 aromatic carbocycles. The summed E-state index contributed by atoms with van der Waals surface area (Å²) in [5.74, 6) is -1.78. The van der Waals surface area contributed by atoms with Gasteiger partial charge in [0.25, 0.3) is 10.1 Å². The average Bonchev–Trinajstić information content (AvgIpc) is 2.86. The van der Waals surface area contributed by atoms with Crippen molar-refractivity contribution in [2.75, 3.05) is 0 Å². The van der Waals surface area contributed by atoms with Crippen LogP contribution >= 0.6 is 0 Å². The number of phenolic OH excluding ortho intramolecular Hbond substituents is 1. The van der Waals surface area contributed by atoms with Gasteiger partial charge in [0.15, 0.2) is 12.1 Å². The van der Waals surface area contributed by atoms with Gasteiger partial charge in [-0.05, 0) is 48.4 Å². The summed E-state index contributed by atoms with van der Waals surface area (Å²) in [5, 5.41) is 40.1. The predicted molar refractivity (Wildman–Crippen MR) is 129 cm³/mol. The van der Waals surface area contributed by atoms with E-state index in [4.69, 9.17) is 10.4 Å². The van der Waals surface area contributed by atoms with E-state index in [1.807, 2.05) is 0 Å². The molecule has 0 saturated heterocycles. The van der Waals surface area contributed by atoms with Gasteiger partial charge in [0.2, 0.25) is 0 Å². The van der Waals surface area contributed by atoms with E-state index >= 15 is 0 Å². The molecule has 0 aliphatic carbocycles. The van der Waals surface area contributed by atoms with Crippen LogP contribution in [0.2, 0.25) is 0 Å². The van der Waals surface area contributed by atoms with E-state index in [0.717, 1.165) is 12.1 Å². The van der Waals surface area contributed by atoms with Crippen molar-refractivity contribution in [3.63, 3.8) is 0 Å². The largest absolute Gasteiger partial charge is 1.00 e. The van der Waals surface area contributed by atoms with Crippen LogP contribution in [0.5, 0.6) is 5.75 Å². The SMILES string of the molecule is Cc1cc(S(=O)(=O)O)cc([N-]/N=C(\N=Nc2cc(COO)ccc2C=O)c2ccc(C(=O)O)cc2)c1O.[Cu+]. The molecule has 0 atom stereocenters. The molecule has 0 aliphatic rings. The maximum atomic E-state index is 11.6. The average molecular weight is 591 g/mol. The minimum Gasteiger partial charge on any atom is -0.571 e. The molecule has 3 aromatic rings. The number of aryl methyl sites for hydroxylation is 1. The molecule has 0 unspecified atom stereocenters. The third kappa shape index (κ3) is 7.52. The quantitative estimate of drug-likeness (QED) is 0.0400. The molecule has 0 fully saturated rings. The van der Waals surface area contributed by atoms with Crippen molar-refractivity contribution < 1.29 is 60.0 Å². The second-order valence-corrected chi connectivity index (χ2v) is 8.90. The number of phenols is 1. The van der Waals surface area contributed by atoms with Crippen molar-refractivity contribution >= 4 is 39.6 Å². The number of hydrogen-bond acceptors (Lipinski definition) is 9. The number of aldehydes is 1. The molecule has 3 rings (SSSR count). The minimum absolute atomic E-state index is 0. The standard InChI is InChI=1S/C23H20N4O9S.Cu/c1-13-8-18(37(33,34)35)10-20(21(13)29)25-27-22(15-4-6-16(7-5-15)23(30)31)26-24-19-9-14(12-36-32)2-3-17(19)11-28;/h2-11H,12H2,1H3,(H5,24,25,26,27,28,29,30,31,32,33,34,35);/q;+1/p-1. The number of aromatic carboxylic acids is 1. The van der Waals surface area contributed by atoms with E-state index in [-0.39, 0.29) is 63.1 Å². The van der Waals surface area contributed by atoms with Crippen LogP contribution in [0.3, 0.4) is 0 Å². The Bertz CT molecular complexity index is 1510. The number of carbonyl (C=O) groups is 2. The molecule has 0 heterocycles. The number of aromatic hydroxyl groups is 1. The molecule has 0 aromatic heterocycles. The number of azo groups is 1. The van der Waals surface area contributed by atoms with Gasteiger partial charge >= 0.3 is 23.0 Å². The minimum atomic E-state index is -4.61. The first-order chi connectivity index (χ1) is 17.5. The molecular formula is C23H19CuN4O9S. The van der Waals surface area contributed by atoms with Gasteiger partial charge in [0, 0.05) is 11.1 Å². The van der Waals surface area contributed by atoms with Crippen molar-refractivity contribution in [3.05, 3.63) is 87.8 Å². The molecule has 0 saturated carbocycles. The number of nitrogens with zero attached hydrogens (tertiary/aromatic N) is 4. The summed E-state index contributed by atoms with van der Waals surface area (Å²) >= 11 is 0. The van der Waals surface area contributed by atoms with Crippen molar-refractivity contribution in [2.45, 2.75) is 18.4 Å². The number of rotatable bonds is 9. The van der Waals surface area contributed by atoms with Crippen LogP contribution in [-0.2, 0) is 38.7 Å². The fourth-order valence-electron chi connectivity index (χ4n) is 2.99. The Kier molecular flexibility index (Phi) is 10.4. The molecule has 38 heavy (non-hydrogen) atoms. The van der Waals surface area contributed by atoms with Crippen LogP contribution in [-0.4, -0.2) is 46.5 Å². The first kappa shape index (κ1) is 30.2. The number of carboxylic acid groups (broad SMARTS) is 1. The molecule has 15 heteroatoms. The van der Waals surface area contributed by atoms with Gasteiger partial charge in [-0.25, -0.2) is 9.68 Å². The van der Waals surface area contributed by atoms with Crippen LogP contribution in [0.4, 0.5) is 11.4 Å². The fourth-order valence-corrected chi connectivity index (χ4v) is 3.58. The van der Waals surface area contributed by atoms with Gasteiger partial charge in [0.1, 0.15) is 12.4 Å². The maximum Gasteiger partial charge on any atom is 1.00 e. The summed E-state index contributed by atoms with van der Waals surface area (Å²) in [5.41, 5.74) is 4.56. The van der Waals surface area contributed by atoms with Gasteiger partial charge in [-0.1, -0.05) is 30.0 Å². The molecule has 0 bridgehead atoms. The zero-order valence-corrected chi connectivity index (χ0v) is 21.1. The first-order valence-corrected chi connectivity index (χ1v) is 11.7. The maximum absolute atomic E-state index is 11.6. The molecule has 0 aliphatic heterocycles. The summed E-state index contributed by atoms with van der Waals surface area (Å²) in [7, 11) is -4.61. The smallest absolute Gasteiger partial charge is 0.571 e. The van der Waals surface area contributed by atoms with E-state index in [0.29, 0.717) is 11.8 Å². The molecule has 0 spiro atoms.